The molecule has 1 atom stereocenters. The first-order valence-corrected chi connectivity index (χ1v) is 10.4. The Kier molecular flexibility index (Phi) is 5.16. The summed E-state index contributed by atoms with van der Waals surface area (Å²) < 4.78 is 17.9. The van der Waals surface area contributed by atoms with E-state index in [1.807, 2.05) is 42.5 Å². The molecule has 1 N–H and O–H groups in total. The summed E-state index contributed by atoms with van der Waals surface area (Å²) in [7, 11) is 0. The second-order valence-corrected chi connectivity index (χ2v) is 7.63. The van der Waals surface area contributed by atoms with Gasteiger partial charge in [0.1, 0.15) is 23.9 Å². The van der Waals surface area contributed by atoms with E-state index in [-0.39, 0.29) is 12.0 Å². The molecule has 3 aromatic carbocycles. The summed E-state index contributed by atoms with van der Waals surface area (Å²) in [4.78, 5) is 0. The first-order valence-electron chi connectivity index (χ1n) is 10.4. The van der Waals surface area contributed by atoms with Gasteiger partial charge in [0, 0.05) is 23.6 Å². The highest BCUT2D eigenvalue weighted by molar-refractivity contribution is 6.01. The molecule has 0 saturated carbocycles. The van der Waals surface area contributed by atoms with Crippen molar-refractivity contribution in [2.24, 2.45) is 0 Å². The molecule has 1 unspecified atom stereocenters. The fourth-order valence-corrected chi connectivity index (χ4v) is 4.07. The van der Waals surface area contributed by atoms with Gasteiger partial charge in [0.25, 0.3) is 0 Å². The standard InChI is InChI=1S/C26H24O4/c27-20-11-9-19(10-12-20)26-22-14-13-21(30-25-8-4-5-15-28-25)16-24(22)29-17-23(26)18-6-2-1-3-7-18/h1-3,6-7,9-14,16,25,27H,4-5,8,15,17H2. The Balaban J connectivity index is 1.56. The van der Waals surface area contributed by atoms with E-state index in [9.17, 15) is 5.11 Å². The number of ether oxygens (including phenoxy) is 3. The van der Waals surface area contributed by atoms with Gasteiger partial charge in [-0.15, -0.1) is 0 Å². The molecular formula is C26H24O4. The third-order valence-electron chi connectivity index (χ3n) is 5.58. The van der Waals surface area contributed by atoms with Crippen LogP contribution in [-0.2, 0) is 4.74 Å². The van der Waals surface area contributed by atoms with Crippen molar-refractivity contribution >= 4 is 11.1 Å². The summed E-state index contributed by atoms with van der Waals surface area (Å²) in [6.45, 7) is 1.22. The molecule has 152 valence electrons. The fraction of sp³-hybridized carbons (Fsp3) is 0.231. The number of phenolic OH excluding ortho intramolecular Hbond substituents is 1. The number of fused-ring (bicyclic) bond motifs is 1. The molecule has 1 saturated heterocycles. The van der Waals surface area contributed by atoms with Gasteiger partial charge in [-0.2, -0.15) is 0 Å². The van der Waals surface area contributed by atoms with Crippen LogP contribution >= 0.6 is 0 Å². The lowest BCUT2D eigenvalue weighted by molar-refractivity contribution is -0.105. The quantitative estimate of drug-likeness (QED) is 0.615. The third-order valence-corrected chi connectivity index (χ3v) is 5.58. The Morgan fingerprint density at radius 1 is 0.867 bits per heavy atom. The Morgan fingerprint density at radius 3 is 2.47 bits per heavy atom. The van der Waals surface area contributed by atoms with Crippen LogP contribution < -0.4 is 9.47 Å². The zero-order valence-corrected chi connectivity index (χ0v) is 16.7. The monoisotopic (exact) mass is 400 g/mol. The maximum absolute atomic E-state index is 9.76. The Labute approximate surface area is 176 Å². The van der Waals surface area contributed by atoms with E-state index in [0.29, 0.717) is 6.61 Å². The van der Waals surface area contributed by atoms with Crippen molar-refractivity contribution in [1.29, 1.82) is 0 Å². The molecule has 2 aliphatic heterocycles. The third kappa shape index (κ3) is 3.79. The number of hydrogen-bond acceptors (Lipinski definition) is 4. The number of rotatable bonds is 4. The molecule has 0 amide bonds. The maximum Gasteiger partial charge on any atom is 0.199 e. The van der Waals surface area contributed by atoms with Crippen molar-refractivity contribution in [1.82, 2.24) is 0 Å². The average Bonchev–Trinajstić information content (AvgIpc) is 2.80. The molecule has 2 aliphatic rings. The molecule has 0 spiro atoms. The number of phenols is 1. The largest absolute Gasteiger partial charge is 0.508 e. The van der Waals surface area contributed by atoms with Gasteiger partial charge in [-0.25, -0.2) is 0 Å². The molecule has 0 aromatic heterocycles. The van der Waals surface area contributed by atoms with Crippen LogP contribution in [0.2, 0.25) is 0 Å². The topological polar surface area (TPSA) is 47.9 Å². The zero-order chi connectivity index (χ0) is 20.3. The molecule has 2 heterocycles. The van der Waals surface area contributed by atoms with Crippen LogP contribution in [-0.4, -0.2) is 24.6 Å². The maximum atomic E-state index is 9.76. The lowest BCUT2D eigenvalue weighted by atomic mass is 9.88. The summed E-state index contributed by atoms with van der Waals surface area (Å²) in [6.07, 6.45) is 2.94. The average molecular weight is 400 g/mol. The molecule has 4 nitrogen and oxygen atoms in total. The predicted molar refractivity (Wildman–Crippen MR) is 117 cm³/mol. The van der Waals surface area contributed by atoms with Crippen molar-refractivity contribution in [3.05, 3.63) is 89.5 Å². The highest BCUT2D eigenvalue weighted by atomic mass is 16.7. The van der Waals surface area contributed by atoms with Crippen molar-refractivity contribution in [2.45, 2.75) is 25.6 Å². The summed E-state index contributed by atoms with van der Waals surface area (Å²) in [6, 6.07) is 23.6. The van der Waals surface area contributed by atoms with Crippen molar-refractivity contribution in [3.8, 4) is 17.2 Å². The smallest absolute Gasteiger partial charge is 0.199 e. The van der Waals surface area contributed by atoms with Crippen LogP contribution in [0, 0.1) is 0 Å². The van der Waals surface area contributed by atoms with Crippen LogP contribution in [0.3, 0.4) is 0 Å². The van der Waals surface area contributed by atoms with E-state index in [1.54, 1.807) is 12.1 Å². The first kappa shape index (κ1) is 18.8. The zero-order valence-electron chi connectivity index (χ0n) is 16.7. The molecule has 0 radical (unpaired) electrons. The van der Waals surface area contributed by atoms with Gasteiger partial charge in [-0.3, -0.25) is 0 Å². The highest BCUT2D eigenvalue weighted by Gasteiger charge is 2.24. The van der Waals surface area contributed by atoms with Crippen molar-refractivity contribution in [3.63, 3.8) is 0 Å². The minimum atomic E-state index is -0.188. The van der Waals surface area contributed by atoms with E-state index >= 15 is 0 Å². The molecule has 0 aliphatic carbocycles. The van der Waals surface area contributed by atoms with Crippen LogP contribution in [0.1, 0.15) is 36.0 Å². The lowest BCUT2D eigenvalue weighted by Gasteiger charge is -2.27. The minimum Gasteiger partial charge on any atom is -0.508 e. The van der Waals surface area contributed by atoms with Gasteiger partial charge >= 0.3 is 0 Å². The summed E-state index contributed by atoms with van der Waals surface area (Å²) in [5, 5.41) is 9.76. The van der Waals surface area contributed by atoms with Gasteiger partial charge in [0.15, 0.2) is 6.29 Å². The summed E-state index contributed by atoms with van der Waals surface area (Å²) >= 11 is 0. The van der Waals surface area contributed by atoms with Gasteiger partial charge in [0.2, 0.25) is 0 Å². The number of aromatic hydroxyl groups is 1. The minimum absolute atomic E-state index is 0.188. The van der Waals surface area contributed by atoms with E-state index in [4.69, 9.17) is 14.2 Å². The van der Waals surface area contributed by atoms with Crippen LogP contribution in [0.15, 0.2) is 72.8 Å². The second kappa shape index (κ2) is 8.25. The summed E-state index contributed by atoms with van der Waals surface area (Å²) in [5.41, 5.74) is 5.42. The normalized spacial score (nSPS) is 18.5. The van der Waals surface area contributed by atoms with E-state index in [0.717, 1.165) is 65.2 Å². The summed E-state index contributed by atoms with van der Waals surface area (Å²) in [5.74, 6) is 1.81. The predicted octanol–water partition coefficient (Wildman–Crippen LogP) is 5.65. The second-order valence-electron chi connectivity index (χ2n) is 7.63. The number of hydrogen-bond donors (Lipinski definition) is 1. The molecule has 5 rings (SSSR count). The van der Waals surface area contributed by atoms with Crippen LogP contribution in [0.4, 0.5) is 0 Å². The van der Waals surface area contributed by atoms with Gasteiger partial charge in [-0.05, 0) is 53.8 Å². The van der Waals surface area contributed by atoms with Crippen molar-refractivity contribution in [2.75, 3.05) is 13.2 Å². The Hall–Kier alpha value is -3.24. The lowest BCUT2D eigenvalue weighted by Crippen LogP contribution is -2.25. The van der Waals surface area contributed by atoms with Crippen molar-refractivity contribution < 1.29 is 19.3 Å². The SMILES string of the molecule is Oc1ccc(C2=C(c3ccccc3)COc3cc(OC4CCCCO4)ccc32)cc1. The molecular weight excluding hydrogens is 376 g/mol. The van der Waals surface area contributed by atoms with Gasteiger partial charge in [-0.1, -0.05) is 42.5 Å². The molecule has 3 aromatic rings. The van der Waals surface area contributed by atoms with Crippen LogP contribution in [0.25, 0.3) is 11.1 Å². The first-order chi connectivity index (χ1) is 14.8. The Morgan fingerprint density at radius 2 is 1.70 bits per heavy atom. The molecule has 4 heteroatoms. The fourth-order valence-electron chi connectivity index (χ4n) is 4.07. The molecule has 30 heavy (non-hydrogen) atoms. The Bertz CT molecular complexity index is 1050. The van der Waals surface area contributed by atoms with E-state index in [2.05, 4.69) is 18.2 Å². The van der Waals surface area contributed by atoms with E-state index < -0.39 is 0 Å². The van der Waals surface area contributed by atoms with E-state index in [1.165, 1.54) is 0 Å². The van der Waals surface area contributed by atoms with Crippen LogP contribution in [0.5, 0.6) is 17.2 Å². The van der Waals surface area contributed by atoms with Gasteiger partial charge < -0.3 is 19.3 Å². The molecule has 1 fully saturated rings. The highest BCUT2D eigenvalue weighted by Crippen LogP contribution is 2.42. The van der Waals surface area contributed by atoms with Gasteiger partial charge in [0.05, 0.1) is 6.61 Å². The molecule has 0 bridgehead atoms. The number of benzene rings is 3.